The summed E-state index contributed by atoms with van der Waals surface area (Å²) in [7, 11) is 0. The number of aromatic nitrogens is 1. The van der Waals surface area contributed by atoms with Crippen molar-refractivity contribution in [2.75, 3.05) is 11.9 Å². The zero-order valence-electron chi connectivity index (χ0n) is 23.0. The lowest BCUT2D eigenvalue weighted by Gasteiger charge is -2.17. The molecule has 1 saturated carbocycles. The minimum absolute atomic E-state index is 0.0753. The molecule has 3 aromatic rings. The maximum Gasteiger partial charge on any atom is 0.586 e. The molecule has 2 aliphatic rings. The minimum Gasteiger partial charge on any atom is -0.481 e. The molecular formula is C31H31F2N3O6. The van der Waals surface area contributed by atoms with Crippen LogP contribution >= 0.6 is 0 Å². The Morgan fingerprint density at radius 1 is 0.952 bits per heavy atom. The van der Waals surface area contributed by atoms with Crippen molar-refractivity contribution < 1.29 is 37.7 Å². The summed E-state index contributed by atoms with van der Waals surface area (Å²) in [6, 6.07) is 15.0. The molecule has 0 saturated heterocycles. The number of aliphatic carboxylic acids is 1. The summed E-state index contributed by atoms with van der Waals surface area (Å²) in [4.78, 5) is 41.4. The first kappa shape index (κ1) is 29.0. The highest BCUT2D eigenvalue weighted by Gasteiger charge is 2.53. The molecule has 0 spiro atoms. The number of halogens is 2. The number of alkyl halides is 2. The Bertz CT molecular complexity index is 1520. The highest BCUT2D eigenvalue weighted by molar-refractivity contribution is 6.01. The molecule has 0 unspecified atom stereocenters. The van der Waals surface area contributed by atoms with Gasteiger partial charge in [0.2, 0.25) is 5.91 Å². The fourth-order valence-electron chi connectivity index (χ4n) is 5.01. The summed E-state index contributed by atoms with van der Waals surface area (Å²) in [6.07, 6.45) is 0.534. The minimum atomic E-state index is -3.73. The number of ether oxygens (including phenoxy) is 2. The first-order valence-electron chi connectivity index (χ1n) is 13.9. The number of carbonyl (C=O) groups is 3. The van der Waals surface area contributed by atoms with Gasteiger partial charge in [-0.05, 0) is 74.1 Å². The molecule has 0 bridgehead atoms. The third-order valence-electron chi connectivity index (χ3n) is 7.48. The second kappa shape index (κ2) is 11.8. The number of rotatable bonds is 12. The van der Waals surface area contributed by atoms with Gasteiger partial charge in [0.1, 0.15) is 5.82 Å². The smallest absolute Gasteiger partial charge is 0.481 e. The summed E-state index contributed by atoms with van der Waals surface area (Å²) in [6.45, 7) is 2.37. The Kier molecular flexibility index (Phi) is 8.11. The molecule has 9 nitrogen and oxygen atoms in total. The number of carboxylic acids is 1. The number of hydrogen-bond acceptors (Lipinski definition) is 6. The highest BCUT2D eigenvalue weighted by Crippen LogP contribution is 2.52. The van der Waals surface area contributed by atoms with Crippen LogP contribution in [0.25, 0.3) is 11.3 Å². The van der Waals surface area contributed by atoms with Crippen LogP contribution in [0.5, 0.6) is 11.5 Å². The van der Waals surface area contributed by atoms with Crippen LogP contribution in [0, 0.1) is 6.92 Å². The third-order valence-corrected chi connectivity index (χ3v) is 7.48. The molecule has 0 radical (unpaired) electrons. The number of pyridine rings is 1. The first-order chi connectivity index (χ1) is 20.1. The number of nitrogens with one attached hydrogen (secondary N) is 2. The maximum atomic E-state index is 13.5. The Hall–Kier alpha value is -4.54. The van der Waals surface area contributed by atoms with E-state index in [4.69, 9.17) is 5.11 Å². The quantitative estimate of drug-likeness (QED) is 0.231. The van der Waals surface area contributed by atoms with Gasteiger partial charge < -0.3 is 25.2 Å². The van der Waals surface area contributed by atoms with E-state index in [1.165, 1.54) is 12.1 Å². The van der Waals surface area contributed by atoms with Gasteiger partial charge in [-0.1, -0.05) is 37.1 Å². The molecule has 2 heterocycles. The largest absolute Gasteiger partial charge is 0.586 e. The van der Waals surface area contributed by atoms with Crippen molar-refractivity contribution in [1.82, 2.24) is 10.3 Å². The van der Waals surface area contributed by atoms with Gasteiger partial charge in [0.15, 0.2) is 11.5 Å². The van der Waals surface area contributed by atoms with Gasteiger partial charge in [-0.3, -0.25) is 14.4 Å². The van der Waals surface area contributed by atoms with Crippen LogP contribution in [-0.4, -0.2) is 40.7 Å². The second-order valence-electron chi connectivity index (χ2n) is 10.6. The van der Waals surface area contributed by atoms with Gasteiger partial charge in [-0.25, -0.2) is 4.98 Å². The van der Waals surface area contributed by atoms with E-state index in [1.807, 2.05) is 19.1 Å². The number of unbranched alkanes of at least 4 members (excludes halogenated alkanes) is 3. The van der Waals surface area contributed by atoms with Crippen LogP contribution in [0.15, 0.2) is 54.6 Å². The Morgan fingerprint density at radius 3 is 2.48 bits per heavy atom. The molecule has 11 heteroatoms. The Labute approximate surface area is 241 Å². The molecule has 1 fully saturated rings. The van der Waals surface area contributed by atoms with Crippen LogP contribution < -0.4 is 20.1 Å². The van der Waals surface area contributed by atoms with E-state index in [0.29, 0.717) is 54.0 Å². The molecule has 2 amide bonds. The average molecular weight is 580 g/mol. The summed E-state index contributed by atoms with van der Waals surface area (Å²) in [5.41, 5.74) is 2.33. The number of nitrogens with zero attached hydrogens (tertiary/aromatic N) is 1. The normalized spacial score (nSPS) is 15.6. The predicted molar refractivity (Wildman–Crippen MR) is 150 cm³/mol. The molecular weight excluding hydrogens is 548 g/mol. The van der Waals surface area contributed by atoms with E-state index in [1.54, 1.807) is 30.3 Å². The highest BCUT2D eigenvalue weighted by atomic mass is 19.3. The summed E-state index contributed by atoms with van der Waals surface area (Å²) >= 11 is 0. The van der Waals surface area contributed by atoms with Crippen LogP contribution in [-0.2, 0) is 15.0 Å². The van der Waals surface area contributed by atoms with Crippen molar-refractivity contribution >= 4 is 23.6 Å². The van der Waals surface area contributed by atoms with Crippen molar-refractivity contribution in [1.29, 1.82) is 0 Å². The van der Waals surface area contributed by atoms with E-state index >= 15 is 0 Å². The predicted octanol–water partition coefficient (Wildman–Crippen LogP) is 5.81. The zero-order valence-corrected chi connectivity index (χ0v) is 23.0. The van der Waals surface area contributed by atoms with Crippen LogP contribution in [0.3, 0.4) is 0 Å². The molecule has 1 aromatic heterocycles. The number of hydrogen-bond donors (Lipinski definition) is 3. The number of carboxylic acid groups (broad SMARTS) is 1. The lowest BCUT2D eigenvalue weighted by atomic mass is 9.94. The lowest BCUT2D eigenvalue weighted by Crippen LogP contribution is -2.28. The molecule has 5 rings (SSSR count). The van der Waals surface area contributed by atoms with E-state index in [2.05, 4.69) is 25.1 Å². The number of fused-ring (bicyclic) bond motifs is 1. The van der Waals surface area contributed by atoms with Crippen LogP contribution in [0.4, 0.5) is 14.6 Å². The molecule has 42 heavy (non-hydrogen) atoms. The van der Waals surface area contributed by atoms with Crippen molar-refractivity contribution in [3.05, 3.63) is 71.3 Å². The van der Waals surface area contributed by atoms with Crippen molar-refractivity contribution in [2.45, 2.75) is 63.6 Å². The average Bonchev–Trinajstić information content (AvgIpc) is 3.70. The second-order valence-corrected chi connectivity index (χ2v) is 10.6. The van der Waals surface area contributed by atoms with Crippen molar-refractivity contribution in [2.24, 2.45) is 0 Å². The first-order valence-corrected chi connectivity index (χ1v) is 13.9. The lowest BCUT2D eigenvalue weighted by molar-refractivity contribution is -0.286. The number of amides is 2. The third kappa shape index (κ3) is 6.50. The molecule has 220 valence electrons. The Morgan fingerprint density at radius 2 is 1.71 bits per heavy atom. The van der Waals surface area contributed by atoms with Crippen molar-refractivity contribution in [3.63, 3.8) is 0 Å². The van der Waals surface area contributed by atoms with Gasteiger partial charge in [0, 0.05) is 24.1 Å². The van der Waals surface area contributed by atoms with Crippen molar-refractivity contribution in [3.8, 4) is 22.8 Å². The zero-order chi connectivity index (χ0) is 29.9. The standard InChI is InChI=1S/C31H31F2N3O6/c1-19-10-13-25(36-29(40)30(14-15-30)22-11-12-23-24(18-22)42-31(32,33)41-23)35-27(19)20-7-6-8-21(17-20)28(39)34-16-5-3-2-4-9-26(37)38/h6-8,10-13,17-18H,2-5,9,14-16H2,1H3,(H,34,39)(H,37,38)(H,35,36,40). The number of aryl methyl sites for hydroxylation is 1. The Balaban J connectivity index is 1.23. The maximum absolute atomic E-state index is 13.5. The molecule has 1 aliphatic heterocycles. The number of anilines is 1. The monoisotopic (exact) mass is 579 g/mol. The fourth-order valence-corrected chi connectivity index (χ4v) is 5.01. The van der Waals surface area contributed by atoms with Crippen LogP contribution in [0.2, 0.25) is 0 Å². The van der Waals surface area contributed by atoms with Gasteiger partial charge >= 0.3 is 12.3 Å². The van der Waals surface area contributed by atoms with Crippen LogP contribution in [0.1, 0.15) is 66.4 Å². The van der Waals surface area contributed by atoms with Gasteiger partial charge in [-0.15, -0.1) is 8.78 Å². The SMILES string of the molecule is Cc1ccc(NC(=O)C2(c3ccc4c(c3)OC(F)(F)O4)CC2)nc1-c1cccc(C(=O)NCCCCCCC(=O)O)c1. The van der Waals surface area contributed by atoms with E-state index in [-0.39, 0.29) is 29.7 Å². The van der Waals surface area contributed by atoms with Gasteiger partial charge in [-0.2, -0.15) is 0 Å². The number of carbonyl (C=O) groups excluding carboxylic acids is 2. The molecule has 0 atom stereocenters. The molecule has 2 aromatic carbocycles. The molecule has 1 aliphatic carbocycles. The van der Waals surface area contributed by atoms with Gasteiger partial charge in [0.05, 0.1) is 11.1 Å². The van der Waals surface area contributed by atoms with E-state index in [0.717, 1.165) is 24.8 Å². The topological polar surface area (TPSA) is 127 Å². The molecule has 3 N–H and O–H groups in total. The van der Waals surface area contributed by atoms with Gasteiger partial charge in [0.25, 0.3) is 5.91 Å². The summed E-state index contributed by atoms with van der Waals surface area (Å²) in [5, 5.41) is 14.5. The van der Waals surface area contributed by atoms with E-state index < -0.39 is 17.7 Å². The summed E-state index contributed by atoms with van der Waals surface area (Å²) < 4.78 is 36.0. The summed E-state index contributed by atoms with van der Waals surface area (Å²) in [5.74, 6) is -1.17. The number of benzene rings is 2. The van der Waals surface area contributed by atoms with E-state index in [9.17, 15) is 23.2 Å². The fraction of sp³-hybridized carbons (Fsp3) is 0.355.